The van der Waals surface area contributed by atoms with Crippen molar-refractivity contribution in [2.75, 3.05) is 6.61 Å². The Morgan fingerprint density at radius 2 is 2.20 bits per heavy atom. The molecule has 4 heteroatoms. The molecule has 1 saturated carbocycles. The van der Waals surface area contributed by atoms with Gasteiger partial charge in [-0.25, -0.2) is 4.79 Å². The minimum Gasteiger partial charge on any atom is -0.457 e. The summed E-state index contributed by atoms with van der Waals surface area (Å²) in [6, 6.07) is 3.49. The van der Waals surface area contributed by atoms with Crippen LogP contribution in [0, 0.1) is 11.3 Å². The van der Waals surface area contributed by atoms with Crippen LogP contribution in [-0.2, 0) is 9.47 Å². The Kier molecular flexibility index (Phi) is 3.80. The van der Waals surface area contributed by atoms with Crippen LogP contribution in [0.1, 0.15) is 63.2 Å². The minimum absolute atomic E-state index is 0.110. The van der Waals surface area contributed by atoms with Crippen LogP contribution in [0.15, 0.2) is 36.2 Å². The molecule has 2 bridgehead atoms. The standard InChI is InChI=1S/C21H27NO3/c1-19(2)16-8-10-20(3)9-4-7-17(21(20,12-16)25-19)14-24-18(23)15-6-5-11-22-13-15/h5-7,11,13,16H,4,8-10,12,14H2,1-3H3/t16-,20+,21?/m1/s1. The van der Waals surface area contributed by atoms with Crippen LogP contribution in [-0.4, -0.2) is 28.8 Å². The van der Waals surface area contributed by atoms with E-state index in [9.17, 15) is 4.79 Å². The van der Waals surface area contributed by atoms with Gasteiger partial charge in [-0.1, -0.05) is 13.0 Å². The van der Waals surface area contributed by atoms with E-state index in [1.807, 2.05) is 0 Å². The molecule has 0 radical (unpaired) electrons. The van der Waals surface area contributed by atoms with Gasteiger partial charge < -0.3 is 9.47 Å². The van der Waals surface area contributed by atoms with Crippen LogP contribution in [0.5, 0.6) is 0 Å². The van der Waals surface area contributed by atoms with Gasteiger partial charge in [0, 0.05) is 17.8 Å². The summed E-state index contributed by atoms with van der Waals surface area (Å²) in [6.45, 7) is 7.10. The fourth-order valence-electron chi connectivity index (χ4n) is 5.21. The van der Waals surface area contributed by atoms with Gasteiger partial charge in [0.05, 0.1) is 16.8 Å². The van der Waals surface area contributed by atoms with Crippen molar-refractivity contribution in [1.82, 2.24) is 4.98 Å². The lowest BCUT2D eigenvalue weighted by Crippen LogP contribution is -2.52. The van der Waals surface area contributed by atoms with Crippen molar-refractivity contribution < 1.29 is 14.3 Å². The van der Waals surface area contributed by atoms with E-state index in [0.717, 1.165) is 24.8 Å². The monoisotopic (exact) mass is 341 g/mol. The largest absolute Gasteiger partial charge is 0.457 e. The summed E-state index contributed by atoms with van der Waals surface area (Å²) in [6.07, 6.45) is 11.1. The number of ether oxygens (including phenoxy) is 2. The number of esters is 1. The number of carbonyl (C=O) groups excluding carboxylic acids is 1. The van der Waals surface area contributed by atoms with Crippen molar-refractivity contribution in [2.45, 2.75) is 64.1 Å². The topological polar surface area (TPSA) is 48.4 Å². The van der Waals surface area contributed by atoms with Crippen LogP contribution in [0.2, 0.25) is 0 Å². The Labute approximate surface area is 149 Å². The second kappa shape index (κ2) is 5.66. The SMILES string of the molecule is CC1(C)OC23C[C@H]1CC[C@]2(C)CCC=C3COC(=O)c1cccnc1. The van der Waals surface area contributed by atoms with Crippen LogP contribution in [0.4, 0.5) is 0 Å². The molecule has 4 nitrogen and oxygen atoms in total. The molecule has 2 fully saturated rings. The van der Waals surface area contributed by atoms with Gasteiger partial charge in [-0.2, -0.15) is 0 Å². The van der Waals surface area contributed by atoms with Crippen LogP contribution in [0.3, 0.4) is 0 Å². The molecule has 25 heavy (non-hydrogen) atoms. The number of hydrogen-bond acceptors (Lipinski definition) is 4. The first-order chi connectivity index (χ1) is 11.9. The summed E-state index contributed by atoms with van der Waals surface area (Å²) in [5.74, 6) is 0.262. The lowest BCUT2D eigenvalue weighted by molar-refractivity contribution is -0.134. The highest BCUT2D eigenvalue weighted by molar-refractivity contribution is 5.89. The molecule has 3 aliphatic rings. The van der Waals surface area contributed by atoms with Gasteiger partial charge in [0.15, 0.2) is 0 Å². The van der Waals surface area contributed by atoms with Crippen LogP contribution in [0.25, 0.3) is 0 Å². The van der Waals surface area contributed by atoms with E-state index in [-0.39, 0.29) is 22.6 Å². The predicted octanol–water partition coefficient (Wildman–Crippen LogP) is 4.31. The first-order valence-electron chi connectivity index (χ1n) is 9.33. The number of carbonyl (C=O) groups is 1. The maximum atomic E-state index is 12.3. The zero-order valence-electron chi connectivity index (χ0n) is 15.4. The van der Waals surface area contributed by atoms with Crippen molar-refractivity contribution in [3.8, 4) is 0 Å². The molecule has 1 aromatic heterocycles. The molecule has 134 valence electrons. The highest BCUT2D eigenvalue weighted by Crippen LogP contribution is 2.64. The van der Waals surface area contributed by atoms with E-state index in [0.29, 0.717) is 18.1 Å². The molecule has 3 atom stereocenters. The molecule has 1 unspecified atom stereocenters. The lowest BCUT2D eigenvalue weighted by atomic mass is 9.55. The number of nitrogens with zero attached hydrogens (tertiary/aromatic N) is 1. The molecule has 0 N–H and O–H groups in total. The Bertz CT molecular complexity index is 711. The van der Waals surface area contributed by atoms with Gasteiger partial charge in [0.2, 0.25) is 0 Å². The molecule has 2 aliphatic carbocycles. The Balaban J connectivity index is 1.57. The van der Waals surface area contributed by atoms with E-state index in [1.54, 1.807) is 24.5 Å². The Morgan fingerprint density at radius 3 is 2.96 bits per heavy atom. The molecule has 1 aromatic rings. The van der Waals surface area contributed by atoms with E-state index in [1.165, 1.54) is 12.8 Å². The normalized spacial score (nSPS) is 35.6. The minimum atomic E-state index is -0.317. The zero-order valence-corrected chi connectivity index (χ0v) is 15.4. The molecule has 0 aromatic carbocycles. The van der Waals surface area contributed by atoms with Crippen LogP contribution < -0.4 is 0 Å². The average molecular weight is 341 g/mol. The molecule has 1 spiro atoms. The van der Waals surface area contributed by atoms with Gasteiger partial charge in [-0.05, 0) is 69.6 Å². The summed E-state index contributed by atoms with van der Waals surface area (Å²) in [7, 11) is 0. The third-order valence-corrected chi connectivity index (χ3v) is 6.84. The molecule has 1 aliphatic heterocycles. The van der Waals surface area contributed by atoms with Crippen molar-refractivity contribution in [3.63, 3.8) is 0 Å². The van der Waals surface area contributed by atoms with Gasteiger partial charge >= 0.3 is 5.97 Å². The third kappa shape index (κ3) is 2.53. The van der Waals surface area contributed by atoms with Crippen molar-refractivity contribution in [1.29, 1.82) is 0 Å². The maximum Gasteiger partial charge on any atom is 0.340 e. The predicted molar refractivity (Wildman–Crippen MR) is 95.2 cm³/mol. The number of aromatic nitrogens is 1. The van der Waals surface area contributed by atoms with E-state index in [4.69, 9.17) is 9.47 Å². The van der Waals surface area contributed by atoms with Crippen molar-refractivity contribution >= 4 is 5.97 Å². The fourth-order valence-corrected chi connectivity index (χ4v) is 5.21. The Morgan fingerprint density at radius 1 is 1.36 bits per heavy atom. The molecule has 2 heterocycles. The first kappa shape index (κ1) is 16.8. The first-order valence-corrected chi connectivity index (χ1v) is 9.33. The second-order valence-corrected chi connectivity index (χ2v) is 8.62. The highest BCUT2D eigenvalue weighted by Gasteiger charge is 2.64. The second-order valence-electron chi connectivity index (χ2n) is 8.62. The summed E-state index contributed by atoms with van der Waals surface area (Å²) in [4.78, 5) is 16.3. The van der Waals surface area contributed by atoms with Gasteiger partial charge in [-0.3, -0.25) is 4.98 Å². The number of hydrogen-bond donors (Lipinski definition) is 0. The molecule has 1 saturated heterocycles. The number of rotatable bonds is 3. The smallest absolute Gasteiger partial charge is 0.340 e. The summed E-state index contributed by atoms with van der Waals surface area (Å²) < 4.78 is 12.4. The molecule has 4 rings (SSSR count). The summed E-state index contributed by atoms with van der Waals surface area (Å²) in [5, 5.41) is 0. The third-order valence-electron chi connectivity index (χ3n) is 6.84. The molecule has 0 amide bonds. The van der Waals surface area contributed by atoms with Gasteiger partial charge in [-0.15, -0.1) is 0 Å². The summed E-state index contributed by atoms with van der Waals surface area (Å²) in [5.41, 5.74) is 1.42. The van der Waals surface area contributed by atoms with E-state index < -0.39 is 0 Å². The number of fused-ring (bicyclic) bond motifs is 1. The quantitative estimate of drug-likeness (QED) is 0.607. The van der Waals surface area contributed by atoms with Gasteiger partial charge in [0.25, 0.3) is 0 Å². The van der Waals surface area contributed by atoms with Crippen molar-refractivity contribution in [3.05, 3.63) is 41.7 Å². The molecular formula is C21H27NO3. The van der Waals surface area contributed by atoms with E-state index >= 15 is 0 Å². The fraction of sp³-hybridized carbons (Fsp3) is 0.619. The van der Waals surface area contributed by atoms with Gasteiger partial charge in [0.1, 0.15) is 6.61 Å². The zero-order chi connectivity index (χ0) is 17.7. The van der Waals surface area contributed by atoms with Crippen molar-refractivity contribution in [2.24, 2.45) is 11.3 Å². The van der Waals surface area contributed by atoms with Crippen LogP contribution >= 0.6 is 0 Å². The maximum absolute atomic E-state index is 12.3. The number of allylic oxidation sites excluding steroid dienone is 1. The highest BCUT2D eigenvalue weighted by atomic mass is 16.5. The van der Waals surface area contributed by atoms with E-state index in [2.05, 4.69) is 31.8 Å². The molecular weight excluding hydrogens is 314 g/mol. The lowest BCUT2D eigenvalue weighted by Gasteiger charge is -2.52. The average Bonchev–Trinajstić information content (AvgIpc) is 2.83. The summed E-state index contributed by atoms with van der Waals surface area (Å²) >= 11 is 0. The number of pyridine rings is 1. The Hall–Kier alpha value is -1.68.